The molecule has 0 heterocycles. The Morgan fingerprint density at radius 3 is 2.00 bits per heavy atom. The van der Waals surface area contributed by atoms with Crippen LogP contribution in [0.15, 0.2) is 24.3 Å². The number of nitriles is 1. The van der Waals surface area contributed by atoms with Gasteiger partial charge in [0.15, 0.2) is 0 Å². The van der Waals surface area contributed by atoms with Crippen molar-refractivity contribution in [3.05, 3.63) is 35.4 Å². The van der Waals surface area contributed by atoms with Gasteiger partial charge in [0.2, 0.25) is 0 Å². The second-order valence-corrected chi connectivity index (χ2v) is 7.72. The second-order valence-electron chi connectivity index (χ2n) is 7.72. The summed E-state index contributed by atoms with van der Waals surface area (Å²) in [6, 6.07) is 10.5. The van der Waals surface area contributed by atoms with Gasteiger partial charge in [0, 0.05) is 0 Å². The first-order valence-corrected chi connectivity index (χ1v) is 10.3. The van der Waals surface area contributed by atoms with Gasteiger partial charge < -0.3 is 0 Å². The zero-order valence-electron chi connectivity index (χ0n) is 15.6. The first kappa shape index (κ1) is 19.0. The molecule has 0 N–H and O–H groups in total. The molecule has 1 nitrogen and oxygen atoms in total. The Hall–Kier alpha value is -1.29. The average Bonchev–Trinajstić information content (AvgIpc) is 2.64. The van der Waals surface area contributed by atoms with Crippen LogP contribution in [0.5, 0.6) is 0 Å². The fraction of sp³-hybridized carbons (Fsp3) is 0.696. The molecule has 1 saturated carbocycles. The van der Waals surface area contributed by atoms with Crippen LogP contribution in [0.4, 0.5) is 0 Å². The average molecular weight is 326 g/mol. The molecule has 0 spiro atoms. The highest BCUT2D eigenvalue weighted by atomic mass is 14.3. The van der Waals surface area contributed by atoms with Gasteiger partial charge in [0.25, 0.3) is 0 Å². The monoisotopic (exact) mass is 325 g/mol. The van der Waals surface area contributed by atoms with Crippen LogP contribution < -0.4 is 0 Å². The SMILES string of the molecule is CCCCCCCCCCC1CCC(c2ccc(C#N)cc2)CC1. The van der Waals surface area contributed by atoms with Crippen LogP contribution in [-0.4, -0.2) is 0 Å². The van der Waals surface area contributed by atoms with Crippen LogP contribution in [0.1, 0.15) is 107 Å². The highest BCUT2D eigenvalue weighted by Gasteiger charge is 2.21. The van der Waals surface area contributed by atoms with Crippen molar-refractivity contribution in [3.8, 4) is 6.07 Å². The Morgan fingerprint density at radius 2 is 1.42 bits per heavy atom. The molecule has 1 aliphatic rings. The summed E-state index contributed by atoms with van der Waals surface area (Å²) >= 11 is 0. The zero-order valence-corrected chi connectivity index (χ0v) is 15.6. The van der Waals surface area contributed by atoms with E-state index in [1.54, 1.807) is 0 Å². The van der Waals surface area contributed by atoms with E-state index >= 15 is 0 Å². The van der Waals surface area contributed by atoms with Crippen molar-refractivity contribution >= 4 is 0 Å². The molecule has 132 valence electrons. The Bertz CT molecular complexity index is 474. The molecule has 0 radical (unpaired) electrons. The topological polar surface area (TPSA) is 23.8 Å². The normalized spacial score (nSPS) is 20.7. The zero-order chi connectivity index (χ0) is 17.0. The summed E-state index contributed by atoms with van der Waals surface area (Å²) < 4.78 is 0. The van der Waals surface area contributed by atoms with Gasteiger partial charge in [-0.25, -0.2) is 0 Å². The summed E-state index contributed by atoms with van der Waals surface area (Å²) in [7, 11) is 0. The van der Waals surface area contributed by atoms with Crippen molar-refractivity contribution in [2.75, 3.05) is 0 Å². The summed E-state index contributed by atoms with van der Waals surface area (Å²) in [6.45, 7) is 2.29. The maximum Gasteiger partial charge on any atom is 0.0991 e. The van der Waals surface area contributed by atoms with Crippen LogP contribution >= 0.6 is 0 Å². The van der Waals surface area contributed by atoms with Crippen LogP contribution in [0, 0.1) is 17.2 Å². The molecule has 0 atom stereocenters. The molecule has 0 saturated heterocycles. The third kappa shape index (κ3) is 6.68. The second kappa shape index (κ2) is 11.3. The van der Waals surface area contributed by atoms with Gasteiger partial charge >= 0.3 is 0 Å². The van der Waals surface area contributed by atoms with Crippen molar-refractivity contribution in [2.24, 2.45) is 5.92 Å². The van der Waals surface area contributed by atoms with Crippen LogP contribution in [0.3, 0.4) is 0 Å². The third-order valence-electron chi connectivity index (χ3n) is 5.82. The number of hydrogen-bond donors (Lipinski definition) is 0. The van der Waals surface area contributed by atoms with Gasteiger partial charge in [0.1, 0.15) is 0 Å². The molecule has 2 rings (SSSR count). The molecule has 0 aromatic heterocycles. The standard InChI is InChI=1S/C23H35N/c1-2-3-4-5-6-7-8-9-10-20-11-15-22(16-12-20)23-17-13-21(19-24)14-18-23/h13-14,17-18,20,22H,2-12,15-16H2,1H3. The van der Waals surface area contributed by atoms with Crippen LogP contribution in [0.2, 0.25) is 0 Å². The first-order chi connectivity index (χ1) is 11.8. The highest BCUT2D eigenvalue weighted by molar-refractivity contribution is 5.33. The van der Waals surface area contributed by atoms with E-state index in [0.29, 0.717) is 0 Å². The van der Waals surface area contributed by atoms with Gasteiger partial charge in [-0.2, -0.15) is 5.26 Å². The van der Waals surface area contributed by atoms with E-state index in [2.05, 4.69) is 25.1 Å². The molecule has 1 fully saturated rings. The van der Waals surface area contributed by atoms with E-state index in [0.717, 1.165) is 17.4 Å². The summed E-state index contributed by atoms with van der Waals surface area (Å²) in [5.41, 5.74) is 2.22. The van der Waals surface area contributed by atoms with E-state index < -0.39 is 0 Å². The van der Waals surface area contributed by atoms with E-state index in [1.165, 1.54) is 89.0 Å². The van der Waals surface area contributed by atoms with E-state index in [9.17, 15) is 0 Å². The molecule has 1 aromatic carbocycles. The van der Waals surface area contributed by atoms with Gasteiger partial charge in [-0.15, -0.1) is 0 Å². The third-order valence-corrected chi connectivity index (χ3v) is 5.82. The minimum atomic E-state index is 0.729. The highest BCUT2D eigenvalue weighted by Crippen LogP contribution is 2.37. The number of nitrogens with zero attached hydrogens (tertiary/aromatic N) is 1. The summed E-state index contributed by atoms with van der Waals surface area (Å²) in [6.07, 6.45) is 18.4. The Labute approximate surface area is 149 Å². The lowest BCUT2D eigenvalue weighted by molar-refractivity contribution is 0.301. The number of rotatable bonds is 10. The molecule has 0 bridgehead atoms. The van der Waals surface area contributed by atoms with Gasteiger partial charge in [0.05, 0.1) is 11.6 Å². The fourth-order valence-corrected chi connectivity index (χ4v) is 4.18. The van der Waals surface area contributed by atoms with Gasteiger partial charge in [-0.1, -0.05) is 76.8 Å². The maximum atomic E-state index is 8.90. The number of unbranched alkanes of at least 4 members (excludes halogenated alkanes) is 7. The smallest absolute Gasteiger partial charge is 0.0991 e. The van der Waals surface area contributed by atoms with Crippen LogP contribution in [0.25, 0.3) is 0 Å². The molecular weight excluding hydrogens is 290 g/mol. The van der Waals surface area contributed by atoms with Gasteiger partial charge in [-0.3, -0.25) is 0 Å². The molecule has 0 amide bonds. The molecule has 1 aromatic rings. The molecule has 24 heavy (non-hydrogen) atoms. The largest absolute Gasteiger partial charge is 0.192 e. The molecule has 1 aliphatic carbocycles. The van der Waals surface area contributed by atoms with E-state index in [-0.39, 0.29) is 0 Å². The quantitative estimate of drug-likeness (QED) is 0.412. The summed E-state index contributed by atoms with van der Waals surface area (Å²) in [5.74, 6) is 1.70. The Balaban J connectivity index is 1.55. The molecule has 0 unspecified atom stereocenters. The lowest BCUT2D eigenvalue weighted by Gasteiger charge is -2.29. The van der Waals surface area contributed by atoms with Gasteiger partial charge in [-0.05, 0) is 55.2 Å². The van der Waals surface area contributed by atoms with Crippen molar-refractivity contribution in [1.29, 1.82) is 5.26 Å². The Morgan fingerprint density at radius 1 is 0.833 bits per heavy atom. The first-order valence-electron chi connectivity index (χ1n) is 10.3. The van der Waals surface area contributed by atoms with Crippen molar-refractivity contribution in [3.63, 3.8) is 0 Å². The van der Waals surface area contributed by atoms with E-state index in [4.69, 9.17) is 5.26 Å². The van der Waals surface area contributed by atoms with E-state index in [1.807, 2.05) is 12.1 Å². The summed E-state index contributed by atoms with van der Waals surface area (Å²) in [5, 5.41) is 8.90. The fourth-order valence-electron chi connectivity index (χ4n) is 4.18. The van der Waals surface area contributed by atoms with Crippen molar-refractivity contribution in [1.82, 2.24) is 0 Å². The van der Waals surface area contributed by atoms with Crippen LogP contribution in [-0.2, 0) is 0 Å². The lowest BCUT2D eigenvalue weighted by atomic mass is 9.77. The minimum absolute atomic E-state index is 0.729. The Kier molecular flexibility index (Phi) is 8.96. The molecule has 0 aliphatic heterocycles. The predicted molar refractivity (Wildman–Crippen MR) is 103 cm³/mol. The molecular formula is C23H35N. The molecule has 1 heteroatoms. The number of hydrogen-bond acceptors (Lipinski definition) is 1. The predicted octanol–water partition coefficient (Wildman–Crippen LogP) is 7.36. The van der Waals surface area contributed by atoms with Crippen molar-refractivity contribution in [2.45, 2.75) is 96.3 Å². The number of benzene rings is 1. The maximum absolute atomic E-state index is 8.90. The van der Waals surface area contributed by atoms with Crippen molar-refractivity contribution < 1.29 is 0 Å². The minimum Gasteiger partial charge on any atom is -0.192 e. The summed E-state index contributed by atoms with van der Waals surface area (Å²) in [4.78, 5) is 0. The lowest BCUT2D eigenvalue weighted by Crippen LogP contribution is -2.13.